The lowest BCUT2D eigenvalue weighted by molar-refractivity contribution is -0.122. The van der Waals surface area contributed by atoms with Gasteiger partial charge in [0.15, 0.2) is 0 Å². The van der Waals surface area contributed by atoms with Gasteiger partial charge in [-0.15, -0.1) is 0 Å². The van der Waals surface area contributed by atoms with E-state index in [1.807, 2.05) is 36.4 Å². The summed E-state index contributed by atoms with van der Waals surface area (Å²) in [5.74, 6) is 1.07. The molecule has 0 spiro atoms. The molecule has 1 amide bonds. The Kier molecular flexibility index (Phi) is 6.40. The predicted molar refractivity (Wildman–Crippen MR) is 149 cm³/mol. The van der Waals surface area contributed by atoms with Gasteiger partial charge in [-0.2, -0.15) is 0 Å². The van der Waals surface area contributed by atoms with Crippen LogP contribution in [0.5, 0.6) is 0 Å². The van der Waals surface area contributed by atoms with Crippen LogP contribution in [-0.2, 0) is 11.2 Å². The molecule has 1 aliphatic rings. The Morgan fingerprint density at radius 2 is 1.77 bits per heavy atom. The Hall–Kier alpha value is -4.78. The summed E-state index contributed by atoms with van der Waals surface area (Å²) in [6.45, 7) is 0.452. The number of nitrogens with two attached hydrogens (primary N) is 1. The lowest BCUT2D eigenvalue weighted by Crippen LogP contribution is -2.27. The maximum absolute atomic E-state index is 13.6. The van der Waals surface area contributed by atoms with Crippen molar-refractivity contribution in [1.29, 1.82) is 0 Å². The Balaban J connectivity index is 1.21. The molecule has 2 aromatic heterocycles. The predicted octanol–water partition coefficient (Wildman–Crippen LogP) is 6.16. The highest BCUT2D eigenvalue weighted by molar-refractivity contribution is 5.97. The van der Waals surface area contributed by atoms with Crippen molar-refractivity contribution in [3.05, 3.63) is 108 Å². The number of nitrogens with one attached hydrogen (secondary N) is 1. The number of nitrogens with zero attached hydrogens (tertiary/aromatic N) is 1. The van der Waals surface area contributed by atoms with E-state index in [1.165, 1.54) is 12.1 Å². The van der Waals surface area contributed by atoms with Gasteiger partial charge in [0.05, 0.1) is 0 Å². The van der Waals surface area contributed by atoms with Gasteiger partial charge in [-0.05, 0) is 71.0 Å². The van der Waals surface area contributed by atoms with Crippen molar-refractivity contribution in [2.75, 3.05) is 12.3 Å². The molecule has 2 heterocycles. The first kappa shape index (κ1) is 24.6. The van der Waals surface area contributed by atoms with Crippen molar-refractivity contribution in [1.82, 2.24) is 10.3 Å². The van der Waals surface area contributed by atoms with Gasteiger partial charge in [0.25, 0.3) is 0 Å². The van der Waals surface area contributed by atoms with Gasteiger partial charge >= 0.3 is 0 Å². The van der Waals surface area contributed by atoms with E-state index in [4.69, 9.17) is 10.2 Å². The normalized spacial score (nSPS) is 16.2. The van der Waals surface area contributed by atoms with E-state index < -0.39 is 0 Å². The van der Waals surface area contributed by atoms with E-state index in [0.29, 0.717) is 29.9 Å². The smallest absolute Gasteiger partial charge is 0.223 e. The van der Waals surface area contributed by atoms with Gasteiger partial charge in [-0.25, -0.2) is 9.37 Å². The van der Waals surface area contributed by atoms with Crippen molar-refractivity contribution >= 4 is 29.0 Å². The number of carbonyl (C=O) groups excluding carboxylic acids is 2. The van der Waals surface area contributed by atoms with Gasteiger partial charge in [0.2, 0.25) is 5.91 Å². The molecule has 0 aliphatic heterocycles. The number of pyridine rings is 1. The lowest BCUT2D eigenvalue weighted by atomic mass is 9.96. The summed E-state index contributed by atoms with van der Waals surface area (Å²) < 4.78 is 19.9. The van der Waals surface area contributed by atoms with Gasteiger partial charge in [-0.1, -0.05) is 42.5 Å². The number of hydrogen-bond donors (Lipinski definition) is 2. The number of halogens is 1. The molecule has 5 aromatic rings. The van der Waals surface area contributed by atoms with Gasteiger partial charge < -0.3 is 15.5 Å². The number of aromatic nitrogens is 1. The second kappa shape index (κ2) is 10.2. The number of fused-ring (bicyclic) bond motifs is 1. The molecule has 7 heteroatoms. The molecule has 0 radical (unpaired) electrons. The second-order valence-corrected chi connectivity index (χ2v) is 9.91. The molecule has 2 unspecified atom stereocenters. The SMILES string of the molecule is Nc1ccc(C2CC2C(=O)NCCc2cc3cc(-c4ccc(C=O)cc4)cc(-c4ccc(F)cc4)c3o2)cn1. The number of hydrogen-bond acceptors (Lipinski definition) is 5. The largest absolute Gasteiger partial charge is 0.460 e. The van der Waals surface area contributed by atoms with E-state index in [1.54, 1.807) is 36.5 Å². The fourth-order valence-electron chi connectivity index (χ4n) is 5.02. The monoisotopic (exact) mass is 519 g/mol. The summed E-state index contributed by atoms with van der Waals surface area (Å²) in [6, 6.07) is 23.4. The van der Waals surface area contributed by atoms with Crippen LogP contribution < -0.4 is 11.1 Å². The van der Waals surface area contributed by atoms with Crippen LogP contribution >= 0.6 is 0 Å². The summed E-state index contributed by atoms with van der Waals surface area (Å²) in [5, 5.41) is 3.94. The third-order valence-electron chi connectivity index (χ3n) is 7.24. The van der Waals surface area contributed by atoms with Crippen molar-refractivity contribution in [2.24, 2.45) is 5.92 Å². The Labute approximate surface area is 224 Å². The van der Waals surface area contributed by atoms with Crippen LogP contribution in [0, 0.1) is 11.7 Å². The van der Waals surface area contributed by atoms with Crippen molar-refractivity contribution in [3.63, 3.8) is 0 Å². The van der Waals surface area contributed by atoms with Gasteiger partial charge in [0, 0.05) is 41.6 Å². The number of furan rings is 1. The molecule has 1 fully saturated rings. The molecular formula is C32H26FN3O3. The zero-order valence-electron chi connectivity index (χ0n) is 21.1. The Morgan fingerprint density at radius 3 is 2.49 bits per heavy atom. The molecule has 0 bridgehead atoms. The zero-order chi connectivity index (χ0) is 26.9. The van der Waals surface area contributed by atoms with E-state index in [2.05, 4.69) is 10.3 Å². The molecule has 194 valence electrons. The van der Waals surface area contributed by atoms with Crippen molar-refractivity contribution in [2.45, 2.75) is 18.8 Å². The summed E-state index contributed by atoms with van der Waals surface area (Å²) in [5.41, 5.74) is 11.6. The average molecular weight is 520 g/mol. The summed E-state index contributed by atoms with van der Waals surface area (Å²) in [6.07, 6.45) is 3.90. The van der Waals surface area contributed by atoms with Crippen LogP contribution in [-0.4, -0.2) is 23.7 Å². The van der Waals surface area contributed by atoms with E-state index in [-0.39, 0.29) is 23.6 Å². The van der Waals surface area contributed by atoms with Crippen LogP contribution in [0.1, 0.15) is 34.0 Å². The first-order chi connectivity index (χ1) is 19.0. The number of anilines is 1. The molecule has 1 saturated carbocycles. The molecule has 3 N–H and O–H groups in total. The molecule has 0 saturated heterocycles. The Morgan fingerprint density at radius 1 is 1.00 bits per heavy atom. The zero-order valence-corrected chi connectivity index (χ0v) is 21.1. The molecular weight excluding hydrogens is 493 g/mol. The number of benzene rings is 3. The molecule has 2 atom stereocenters. The first-order valence-electron chi connectivity index (χ1n) is 12.9. The number of nitrogen functional groups attached to an aromatic ring is 1. The molecule has 39 heavy (non-hydrogen) atoms. The van der Waals surface area contributed by atoms with Gasteiger partial charge in [0.1, 0.15) is 29.3 Å². The van der Waals surface area contributed by atoms with Crippen LogP contribution in [0.25, 0.3) is 33.2 Å². The topological polar surface area (TPSA) is 98.2 Å². The minimum absolute atomic E-state index is 0.0287. The van der Waals surface area contributed by atoms with Crippen LogP contribution in [0.4, 0.5) is 10.2 Å². The number of carbonyl (C=O) groups is 2. The fourth-order valence-corrected chi connectivity index (χ4v) is 5.02. The highest BCUT2D eigenvalue weighted by Gasteiger charge is 2.43. The minimum Gasteiger partial charge on any atom is -0.460 e. The first-order valence-corrected chi connectivity index (χ1v) is 12.9. The quantitative estimate of drug-likeness (QED) is 0.239. The van der Waals surface area contributed by atoms with E-state index >= 15 is 0 Å². The second-order valence-electron chi connectivity index (χ2n) is 9.91. The van der Waals surface area contributed by atoms with Gasteiger partial charge in [-0.3, -0.25) is 9.59 Å². The fraction of sp³-hybridized carbons (Fsp3) is 0.156. The number of aldehydes is 1. The molecule has 6 nitrogen and oxygen atoms in total. The lowest BCUT2D eigenvalue weighted by Gasteiger charge is -2.08. The van der Waals surface area contributed by atoms with Crippen molar-refractivity contribution in [3.8, 4) is 22.3 Å². The summed E-state index contributed by atoms with van der Waals surface area (Å²) in [4.78, 5) is 27.9. The minimum atomic E-state index is -0.308. The Bertz CT molecular complexity index is 1660. The molecule has 6 rings (SSSR count). The standard InChI is InChI=1S/C32H26FN3O3/c33-25-8-5-21(6-9-25)28-15-23(20-3-1-19(18-37)2-4-20)13-24-14-26(39-31(24)28)11-12-35-32(38)29-16-27(29)22-7-10-30(34)36-17-22/h1-10,13-15,17-18,27,29H,11-12,16H2,(H2,34,36)(H,35,38). The molecule has 3 aromatic carbocycles. The average Bonchev–Trinajstić information content (AvgIpc) is 3.65. The van der Waals surface area contributed by atoms with Crippen molar-refractivity contribution < 1.29 is 18.4 Å². The van der Waals surface area contributed by atoms with E-state index in [0.717, 1.165) is 51.7 Å². The van der Waals surface area contributed by atoms with E-state index in [9.17, 15) is 14.0 Å². The highest BCUT2D eigenvalue weighted by Crippen LogP contribution is 2.47. The van der Waals surface area contributed by atoms with Crippen LogP contribution in [0.2, 0.25) is 0 Å². The summed E-state index contributed by atoms with van der Waals surface area (Å²) in [7, 11) is 0. The number of amides is 1. The third kappa shape index (κ3) is 5.16. The molecule has 1 aliphatic carbocycles. The third-order valence-corrected chi connectivity index (χ3v) is 7.24. The number of rotatable bonds is 8. The maximum Gasteiger partial charge on any atom is 0.223 e. The maximum atomic E-state index is 13.6. The van der Waals surface area contributed by atoms with Crippen LogP contribution in [0.15, 0.2) is 89.5 Å². The van der Waals surface area contributed by atoms with Crippen LogP contribution in [0.3, 0.4) is 0 Å². The highest BCUT2D eigenvalue weighted by atomic mass is 19.1. The summed E-state index contributed by atoms with van der Waals surface area (Å²) >= 11 is 0.